The molecule has 4 aromatic rings. The highest BCUT2D eigenvalue weighted by atomic mass is 19.1. The maximum atomic E-state index is 15.2. The van der Waals surface area contributed by atoms with Gasteiger partial charge in [0.05, 0.1) is 6.04 Å². The van der Waals surface area contributed by atoms with Gasteiger partial charge in [-0.1, -0.05) is 56.2 Å². The third-order valence-corrected chi connectivity index (χ3v) is 7.35. The monoisotopic (exact) mass is 496 g/mol. The molecule has 2 aromatic heterocycles. The third kappa shape index (κ3) is 5.79. The number of benzene rings is 2. The van der Waals surface area contributed by atoms with Gasteiger partial charge in [0.25, 0.3) is 0 Å². The normalized spacial score (nSPS) is 15.5. The summed E-state index contributed by atoms with van der Waals surface area (Å²) in [5.41, 5.74) is 4.47. The van der Waals surface area contributed by atoms with Crippen molar-refractivity contribution in [3.8, 4) is 22.4 Å². The number of hydrogen-bond acceptors (Lipinski definition) is 3. The van der Waals surface area contributed by atoms with Gasteiger partial charge in [0.2, 0.25) is 0 Å². The molecule has 0 saturated heterocycles. The predicted octanol–water partition coefficient (Wildman–Crippen LogP) is 5.61. The smallest absolute Gasteiger partial charge is 0.137 e. The van der Waals surface area contributed by atoms with Crippen molar-refractivity contribution in [2.24, 2.45) is 5.92 Å². The number of hydrogen-bond donors (Lipinski definition) is 1. The molecule has 2 atom stereocenters. The van der Waals surface area contributed by atoms with E-state index in [9.17, 15) is 4.79 Å². The van der Waals surface area contributed by atoms with Gasteiger partial charge in [0, 0.05) is 23.0 Å². The molecule has 5 nitrogen and oxygen atoms in total. The Bertz CT molecular complexity index is 1450. The summed E-state index contributed by atoms with van der Waals surface area (Å²) in [7, 11) is 0. The number of rotatable bonds is 11. The molecule has 2 aromatic carbocycles. The lowest BCUT2D eigenvalue weighted by Crippen LogP contribution is -2.28. The van der Waals surface area contributed by atoms with Gasteiger partial charge in [0.1, 0.15) is 24.8 Å². The van der Waals surface area contributed by atoms with E-state index < -0.39 is 0 Å². The summed E-state index contributed by atoms with van der Waals surface area (Å²) in [6.45, 7) is 2.17. The highest BCUT2D eigenvalue weighted by molar-refractivity contribution is 5.70. The quantitative estimate of drug-likeness (QED) is 0.275. The van der Waals surface area contributed by atoms with E-state index in [0.717, 1.165) is 72.2 Å². The minimum atomic E-state index is -0.245. The first-order valence-corrected chi connectivity index (χ1v) is 13.2. The van der Waals surface area contributed by atoms with E-state index in [4.69, 9.17) is 0 Å². The summed E-state index contributed by atoms with van der Waals surface area (Å²) >= 11 is 0. The molecule has 0 saturated carbocycles. The summed E-state index contributed by atoms with van der Waals surface area (Å²) in [6, 6.07) is 16.0. The second-order valence-corrected chi connectivity index (χ2v) is 9.94. The van der Waals surface area contributed by atoms with Gasteiger partial charge in [0.15, 0.2) is 0 Å². The summed E-state index contributed by atoms with van der Waals surface area (Å²) in [4.78, 5) is 18.3. The van der Waals surface area contributed by atoms with Crippen LogP contribution in [-0.2, 0) is 11.2 Å². The second-order valence-electron chi connectivity index (χ2n) is 9.94. The van der Waals surface area contributed by atoms with E-state index in [1.165, 1.54) is 11.9 Å². The Hall–Kier alpha value is -3.80. The van der Waals surface area contributed by atoms with E-state index >= 15 is 4.39 Å². The number of fused-ring (bicyclic) bond motifs is 1. The van der Waals surface area contributed by atoms with Crippen molar-refractivity contribution in [1.82, 2.24) is 19.7 Å². The molecule has 190 valence electrons. The fourth-order valence-electron chi connectivity index (χ4n) is 5.32. The Morgan fingerprint density at radius 1 is 1.14 bits per heavy atom. The summed E-state index contributed by atoms with van der Waals surface area (Å²) in [5, 5.41) is 6.30. The topological polar surface area (TPSA) is 63.6 Å². The number of aromatic nitrogens is 4. The number of nitrogens with zero attached hydrogens (tertiary/aromatic N) is 3. The van der Waals surface area contributed by atoms with Gasteiger partial charge in [-0.15, -0.1) is 0 Å². The van der Waals surface area contributed by atoms with Gasteiger partial charge < -0.3 is 9.78 Å². The molecule has 1 N–H and O–H groups in total. The molecule has 2 unspecified atom stereocenters. The molecule has 5 rings (SSSR count). The minimum Gasteiger partial charge on any atom is -0.355 e. The SMILES string of the molecule is CCCC(CC=O)CCCc1ccc(-c2ccc(-c3cc4c([nH]3)=CC(n3cncn3)CC=4)c(F)c2)cc1. The molecule has 0 spiro atoms. The summed E-state index contributed by atoms with van der Waals surface area (Å²) in [6.07, 6.45) is 15.5. The zero-order valence-corrected chi connectivity index (χ0v) is 21.2. The fourth-order valence-corrected chi connectivity index (χ4v) is 5.32. The van der Waals surface area contributed by atoms with Crippen LogP contribution in [0.1, 0.15) is 57.1 Å². The number of carbonyl (C=O) groups is 1. The molecule has 37 heavy (non-hydrogen) atoms. The van der Waals surface area contributed by atoms with E-state index in [2.05, 4.69) is 58.4 Å². The summed E-state index contributed by atoms with van der Waals surface area (Å²) in [5.74, 6) is 0.254. The Kier molecular flexibility index (Phi) is 7.73. The molecule has 2 heterocycles. The Morgan fingerprint density at radius 2 is 1.97 bits per heavy atom. The minimum absolute atomic E-state index is 0.103. The van der Waals surface area contributed by atoms with Crippen molar-refractivity contribution in [1.29, 1.82) is 0 Å². The van der Waals surface area contributed by atoms with Crippen molar-refractivity contribution in [3.05, 3.63) is 83.1 Å². The summed E-state index contributed by atoms with van der Waals surface area (Å²) < 4.78 is 17.1. The molecular formula is C31H33FN4O. The predicted molar refractivity (Wildman–Crippen MR) is 145 cm³/mol. The fraction of sp³-hybridized carbons (Fsp3) is 0.323. The zero-order chi connectivity index (χ0) is 25.6. The average Bonchev–Trinajstić information content (AvgIpc) is 3.59. The first-order chi connectivity index (χ1) is 18.1. The van der Waals surface area contributed by atoms with Crippen LogP contribution >= 0.6 is 0 Å². The van der Waals surface area contributed by atoms with Crippen LogP contribution in [-0.4, -0.2) is 26.0 Å². The van der Waals surface area contributed by atoms with Gasteiger partial charge in [-0.3, -0.25) is 0 Å². The molecule has 0 bridgehead atoms. The number of nitrogens with one attached hydrogen (secondary N) is 1. The molecule has 0 amide bonds. The third-order valence-electron chi connectivity index (χ3n) is 7.35. The standard InChI is InChI=1S/C31H33FN4O/c1-2-4-22(15-16-37)5-3-6-23-7-9-24(10-8-23)25-12-14-28(29(32)17-25)31-18-26-11-13-27(19-30(26)35-31)36-21-33-20-34-36/h7-12,14,16-22,27,35H,2-6,13,15H2,1H3. The Balaban J connectivity index is 1.27. The Labute approximate surface area is 216 Å². The number of halogens is 1. The number of aryl methyl sites for hydroxylation is 1. The van der Waals surface area contributed by atoms with Crippen molar-refractivity contribution >= 4 is 18.4 Å². The maximum absolute atomic E-state index is 15.2. The van der Waals surface area contributed by atoms with Crippen LogP contribution in [0.4, 0.5) is 4.39 Å². The van der Waals surface area contributed by atoms with E-state index in [1.807, 2.05) is 22.9 Å². The number of H-pyrrole nitrogens is 1. The zero-order valence-electron chi connectivity index (χ0n) is 21.2. The molecule has 0 radical (unpaired) electrons. The van der Waals surface area contributed by atoms with Gasteiger partial charge in [-0.2, -0.15) is 5.10 Å². The first-order valence-electron chi connectivity index (χ1n) is 13.2. The molecular weight excluding hydrogens is 463 g/mol. The largest absolute Gasteiger partial charge is 0.355 e. The molecule has 0 fully saturated rings. The average molecular weight is 497 g/mol. The van der Waals surface area contributed by atoms with Crippen LogP contribution in [0.25, 0.3) is 34.5 Å². The number of aldehydes is 1. The van der Waals surface area contributed by atoms with Gasteiger partial charge in [-0.25, -0.2) is 14.1 Å². The van der Waals surface area contributed by atoms with Crippen molar-refractivity contribution in [2.45, 2.75) is 57.9 Å². The second kappa shape index (κ2) is 11.5. The van der Waals surface area contributed by atoms with Crippen LogP contribution in [0, 0.1) is 11.7 Å². The van der Waals surface area contributed by atoms with Crippen LogP contribution in [0.2, 0.25) is 0 Å². The van der Waals surface area contributed by atoms with E-state index in [0.29, 0.717) is 17.9 Å². The molecule has 1 aliphatic rings. The van der Waals surface area contributed by atoms with Crippen LogP contribution < -0.4 is 10.6 Å². The van der Waals surface area contributed by atoms with E-state index in [1.54, 1.807) is 12.4 Å². The van der Waals surface area contributed by atoms with Crippen molar-refractivity contribution < 1.29 is 9.18 Å². The number of carbonyl (C=O) groups excluding carboxylic acids is 1. The maximum Gasteiger partial charge on any atom is 0.137 e. The van der Waals surface area contributed by atoms with E-state index in [-0.39, 0.29) is 11.9 Å². The van der Waals surface area contributed by atoms with Crippen LogP contribution in [0.3, 0.4) is 0 Å². The van der Waals surface area contributed by atoms with Crippen molar-refractivity contribution in [2.75, 3.05) is 0 Å². The lowest BCUT2D eigenvalue weighted by Gasteiger charge is -2.12. The van der Waals surface area contributed by atoms with Gasteiger partial charge in [-0.05, 0) is 77.8 Å². The lowest BCUT2D eigenvalue weighted by molar-refractivity contribution is -0.108. The lowest BCUT2D eigenvalue weighted by atomic mass is 9.93. The molecule has 1 aliphatic carbocycles. The first kappa shape index (κ1) is 24.9. The van der Waals surface area contributed by atoms with Crippen LogP contribution in [0.5, 0.6) is 0 Å². The van der Waals surface area contributed by atoms with Gasteiger partial charge >= 0.3 is 0 Å². The highest BCUT2D eigenvalue weighted by Crippen LogP contribution is 2.27. The molecule has 0 aliphatic heterocycles. The Morgan fingerprint density at radius 3 is 2.70 bits per heavy atom. The number of aromatic amines is 1. The van der Waals surface area contributed by atoms with Crippen molar-refractivity contribution in [3.63, 3.8) is 0 Å². The van der Waals surface area contributed by atoms with Crippen LogP contribution in [0.15, 0.2) is 61.2 Å². The highest BCUT2D eigenvalue weighted by Gasteiger charge is 2.14. The molecule has 6 heteroatoms.